The Balaban J connectivity index is 2.46. The first-order chi connectivity index (χ1) is 7.43. The average Bonchev–Trinajstić information content (AvgIpc) is 2.61. The van der Waals surface area contributed by atoms with E-state index in [1.165, 1.54) is 0 Å². The molecular formula is C11H19N3OSi. The second-order valence-corrected chi connectivity index (χ2v) is 10.6. The van der Waals surface area contributed by atoms with Crippen LogP contribution in [0.3, 0.4) is 0 Å². The summed E-state index contributed by atoms with van der Waals surface area (Å²) in [5.41, 5.74) is 1.15. The Morgan fingerprint density at radius 1 is 1.56 bits per heavy atom. The molecule has 1 N–H and O–H groups in total. The lowest BCUT2D eigenvalue weighted by Gasteiger charge is -2.24. The van der Waals surface area contributed by atoms with Gasteiger partial charge in [-0.2, -0.15) is 5.26 Å². The van der Waals surface area contributed by atoms with Crippen molar-refractivity contribution in [1.29, 1.82) is 5.26 Å². The first-order valence-corrected chi connectivity index (χ1v) is 9.02. The van der Waals surface area contributed by atoms with E-state index in [0.29, 0.717) is 18.8 Å². The van der Waals surface area contributed by atoms with Crippen molar-refractivity contribution in [3.05, 3.63) is 17.7 Å². The van der Waals surface area contributed by atoms with Gasteiger partial charge in [0.15, 0.2) is 0 Å². The highest BCUT2D eigenvalue weighted by Crippen LogP contribution is 2.12. The summed E-state index contributed by atoms with van der Waals surface area (Å²) in [6.45, 7) is 9.45. The van der Waals surface area contributed by atoms with Crippen LogP contribution in [0.15, 0.2) is 6.20 Å². The normalized spacial score (nSPS) is 13.4. The van der Waals surface area contributed by atoms with Crippen molar-refractivity contribution >= 4 is 8.07 Å². The third-order valence-electron chi connectivity index (χ3n) is 2.64. The zero-order chi connectivity index (χ0) is 12.2. The van der Waals surface area contributed by atoms with Gasteiger partial charge in [-0.3, -0.25) is 0 Å². The van der Waals surface area contributed by atoms with Crippen LogP contribution in [0, 0.1) is 11.3 Å². The molecule has 1 aromatic rings. The number of nitrogens with one attached hydrogen (secondary N) is 1. The van der Waals surface area contributed by atoms with Crippen LogP contribution in [0.25, 0.3) is 0 Å². The predicted octanol–water partition coefficient (Wildman–Crippen LogP) is 2.26. The van der Waals surface area contributed by atoms with Crippen molar-refractivity contribution < 1.29 is 4.74 Å². The second kappa shape index (κ2) is 5.28. The van der Waals surface area contributed by atoms with E-state index in [4.69, 9.17) is 10.00 Å². The maximum atomic E-state index is 8.53. The molecule has 16 heavy (non-hydrogen) atoms. The van der Waals surface area contributed by atoms with Crippen molar-refractivity contribution in [2.75, 3.05) is 0 Å². The summed E-state index contributed by atoms with van der Waals surface area (Å²) in [4.78, 5) is 7.25. The number of hydrogen-bond donors (Lipinski definition) is 1. The Hall–Kier alpha value is -1.12. The maximum absolute atomic E-state index is 8.53. The number of aromatic nitrogens is 2. The third-order valence-corrected chi connectivity index (χ3v) is 5.25. The number of ether oxygens (including phenoxy) is 1. The van der Waals surface area contributed by atoms with E-state index < -0.39 is 8.07 Å². The van der Waals surface area contributed by atoms with Crippen molar-refractivity contribution in [3.63, 3.8) is 0 Å². The molecule has 1 unspecified atom stereocenters. The van der Waals surface area contributed by atoms with Crippen LogP contribution in [0.5, 0.6) is 0 Å². The molecule has 0 aliphatic heterocycles. The monoisotopic (exact) mass is 237 g/mol. The fraction of sp³-hybridized carbons (Fsp3) is 0.636. The van der Waals surface area contributed by atoms with Crippen LogP contribution in [0.2, 0.25) is 19.6 Å². The highest BCUT2D eigenvalue weighted by molar-refractivity contribution is 6.77. The van der Waals surface area contributed by atoms with Gasteiger partial charge in [0.1, 0.15) is 12.4 Å². The number of rotatable bonds is 5. The van der Waals surface area contributed by atoms with Gasteiger partial charge in [-0.25, -0.2) is 4.98 Å². The zero-order valence-electron chi connectivity index (χ0n) is 10.4. The molecule has 0 saturated carbocycles. The molecule has 0 bridgehead atoms. The van der Waals surface area contributed by atoms with Crippen LogP contribution in [0.4, 0.5) is 0 Å². The van der Waals surface area contributed by atoms with E-state index in [1.54, 1.807) is 6.20 Å². The Kier molecular flexibility index (Phi) is 4.27. The van der Waals surface area contributed by atoms with Crippen LogP contribution in [-0.4, -0.2) is 23.8 Å². The predicted molar refractivity (Wildman–Crippen MR) is 65.5 cm³/mol. The zero-order valence-corrected chi connectivity index (χ0v) is 11.4. The van der Waals surface area contributed by atoms with Gasteiger partial charge in [0.25, 0.3) is 0 Å². The van der Waals surface area contributed by atoms with E-state index in [2.05, 4.69) is 42.6 Å². The largest absolute Gasteiger partial charge is 0.374 e. The number of nitriles is 1. The quantitative estimate of drug-likeness (QED) is 0.799. The molecule has 1 rings (SSSR count). The van der Waals surface area contributed by atoms with E-state index in [0.717, 1.165) is 11.5 Å². The molecule has 0 radical (unpaired) electrons. The third kappa shape index (κ3) is 3.80. The van der Waals surface area contributed by atoms with Gasteiger partial charge in [-0.05, 0) is 6.92 Å². The Morgan fingerprint density at radius 3 is 2.81 bits per heavy atom. The number of nitrogens with zero attached hydrogens (tertiary/aromatic N) is 2. The fourth-order valence-electron chi connectivity index (χ4n) is 1.11. The second-order valence-electron chi connectivity index (χ2n) is 5.01. The number of H-pyrrole nitrogens is 1. The summed E-state index contributed by atoms with van der Waals surface area (Å²) >= 11 is 0. The highest BCUT2D eigenvalue weighted by Gasteiger charge is 2.23. The van der Waals surface area contributed by atoms with Gasteiger partial charge in [-0.1, -0.05) is 19.6 Å². The van der Waals surface area contributed by atoms with Gasteiger partial charge in [0.05, 0.1) is 20.6 Å². The summed E-state index contributed by atoms with van der Waals surface area (Å²) in [6, 6.07) is 2.08. The molecule has 1 atom stereocenters. The topological polar surface area (TPSA) is 61.7 Å². The van der Waals surface area contributed by atoms with Gasteiger partial charge in [0, 0.05) is 17.6 Å². The molecule has 0 spiro atoms. The van der Waals surface area contributed by atoms with E-state index in [1.807, 2.05) is 0 Å². The minimum absolute atomic E-state index is 0.303. The fourth-order valence-corrected chi connectivity index (χ4v) is 1.69. The van der Waals surface area contributed by atoms with E-state index >= 15 is 0 Å². The molecule has 5 heteroatoms. The summed E-state index contributed by atoms with van der Waals surface area (Å²) in [5, 5.41) is 8.53. The molecule has 0 amide bonds. The first-order valence-electron chi connectivity index (χ1n) is 5.45. The van der Waals surface area contributed by atoms with Crippen LogP contribution >= 0.6 is 0 Å². The standard InChI is InChI=1S/C11H19N3OSi/c1-9(16(2,3)4)15-8-11-13-7-10(14-11)5-6-12/h7,9H,5,8H2,1-4H3,(H,13,14). The summed E-state index contributed by atoms with van der Waals surface area (Å²) in [7, 11) is -1.24. The molecule has 0 aromatic carbocycles. The summed E-state index contributed by atoms with van der Waals surface area (Å²) < 4.78 is 5.77. The number of hydrogen-bond acceptors (Lipinski definition) is 3. The lowest BCUT2D eigenvalue weighted by atomic mass is 10.4. The Labute approximate surface area is 97.7 Å². The molecule has 88 valence electrons. The molecule has 1 heterocycles. The molecule has 0 aliphatic rings. The maximum Gasteiger partial charge on any atom is 0.132 e. The molecule has 0 fully saturated rings. The van der Waals surface area contributed by atoms with Gasteiger partial charge >= 0.3 is 0 Å². The number of aromatic amines is 1. The lowest BCUT2D eigenvalue weighted by molar-refractivity contribution is 0.0932. The smallest absolute Gasteiger partial charge is 0.132 e. The molecule has 0 aliphatic carbocycles. The molecule has 4 nitrogen and oxygen atoms in total. The van der Waals surface area contributed by atoms with Gasteiger partial charge < -0.3 is 9.72 Å². The van der Waals surface area contributed by atoms with Crippen molar-refractivity contribution in [1.82, 2.24) is 9.97 Å². The van der Waals surface area contributed by atoms with Crippen molar-refractivity contribution in [3.8, 4) is 6.07 Å². The highest BCUT2D eigenvalue weighted by atomic mass is 28.3. The lowest BCUT2D eigenvalue weighted by Crippen LogP contribution is -2.37. The number of imidazole rings is 1. The van der Waals surface area contributed by atoms with Crippen molar-refractivity contribution in [2.24, 2.45) is 0 Å². The van der Waals surface area contributed by atoms with Gasteiger partial charge in [0.2, 0.25) is 0 Å². The van der Waals surface area contributed by atoms with Crippen molar-refractivity contribution in [2.45, 2.75) is 45.3 Å². The van der Waals surface area contributed by atoms with E-state index in [-0.39, 0.29) is 0 Å². The molecule has 0 saturated heterocycles. The summed E-state index contributed by atoms with van der Waals surface area (Å²) in [5.74, 6) is 0.801. The van der Waals surface area contributed by atoms with Crippen LogP contribution < -0.4 is 0 Å². The molecular weight excluding hydrogens is 218 g/mol. The SMILES string of the molecule is CC(OCc1ncc(CC#N)[nH]1)[Si](C)(C)C. The average molecular weight is 237 g/mol. The first kappa shape index (κ1) is 12.9. The minimum Gasteiger partial charge on any atom is -0.374 e. The van der Waals surface area contributed by atoms with Crippen LogP contribution in [0.1, 0.15) is 18.4 Å². The van der Waals surface area contributed by atoms with Crippen LogP contribution in [-0.2, 0) is 17.8 Å². The minimum atomic E-state index is -1.24. The summed E-state index contributed by atoms with van der Waals surface area (Å²) in [6.07, 6.45) is 2.07. The molecule has 1 aromatic heterocycles. The Bertz CT molecular complexity index is 375. The van der Waals surface area contributed by atoms with E-state index in [9.17, 15) is 0 Å². The van der Waals surface area contributed by atoms with Gasteiger partial charge in [-0.15, -0.1) is 0 Å². The Morgan fingerprint density at radius 2 is 2.25 bits per heavy atom.